The molecule has 106 valence electrons. The average Bonchev–Trinajstić information content (AvgIpc) is 2.64. The Bertz CT molecular complexity index is 306. The third-order valence-corrected chi connectivity index (χ3v) is 7.21. The van der Waals surface area contributed by atoms with Gasteiger partial charge in [0, 0.05) is 12.3 Å². The molecule has 6 heteroatoms. The second-order valence-corrected chi connectivity index (χ2v) is 7.88. The number of hydrogen-bond donors (Lipinski definition) is 2. The van der Waals surface area contributed by atoms with E-state index in [0.717, 1.165) is 0 Å². The lowest BCUT2D eigenvalue weighted by Gasteiger charge is -2.47. The van der Waals surface area contributed by atoms with Gasteiger partial charge in [0.1, 0.15) is 6.10 Å². The first kappa shape index (κ1) is 14.9. The van der Waals surface area contributed by atoms with Gasteiger partial charge in [0.25, 0.3) is 0 Å². The highest BCUT2D eigenvalue weighted by atomic mass is 32.2. The van der Waals surface area contributed by atoms with Gasteiger partial charge >= 0.3 is 0 Å². The monoisotopic (exact) mass is 294 g/mol. The quantitative estimate of drug-likeness (QED) is 0.765. The summed E-state index contributed by atoms with van der Waals surface area (Å²) in [5, 5.41) is 20.1. The highest BCUT2D eigenvalue weighted by Crippen LogP contribution is 2.53. The average molecular weight is 294 g/mol. The number of thioether (sulfide) groups is 2. The molecule has 0 aromatic carbocycles. The Hall–Kier alpha value is 0.540. The van der Waals surface area contributed by atoms with Crippen LogP contribution >= 0.6 is 23.5 Å². The van der Waals surface area contributed by atoms with Crippen molar-refractivity contribution >= 4 is 23.5 Å². The van der Waals surface area contributed by atoms with E-state index in [4.69, 9.17) is 9.47 Å². The Morgan fingerprint density at radius 1 is 1.17 bits per heavy atom. The molecule has 0 aromatic rings. The van der Waals surface area contributed by atoms with Crippen molar-refractivity contribution in [3.8, 4) is 0 Å². The molecule has 18 heavy (non-hydrogen) atoms. The molecule has 4 atom stereocenters. The summed E-state index contributed by atoms with van der Waals surface area (Å²) in [6.07, 6.45) is 3.54. The van der Waals surface area contributed by atoms with Crippen LogP contribution in [0.2, 0.25) is 0 Å². The largest absolute Gasteiger partial charge is 0.396 e. The lowest BCUT2D eigenvalue weighted by molar-refractivity contribution is -0.155. The zero-order chi connectivity index (χ0) is 13.6. The molecule has 0 unspecified atom stereocenters. The molecule has 2 aliphatic rings. The summed E-state index contributed by atoms with van der Waals surface area (Å²) in [5.41, 5.74) is 0. The lowest BCUT2D eigenvalue weighted by atomic mass is 9.82. The summed E-state index contributed by atoms with van der Waals surface area (Å²) in [4.78, 5) is 0. The van der Waals surface area contributed by atoms with Gasteiger partial charge in [0.05, 0.1) is 22.9 Å². The van der Waals surface area contributed by atoms with Gasteiger partial charge in [-0.3, -0.25) is 0 Å². The number of aliphatic hydroxyl groups excluding tert-OH is 2. The Kier molecular flexibility index (Phi) is 4.27. The first-order chi connectivity index (χ1) is 8.39. The Morgan fingerprint density at radius 2 is 1.72 bits per heavy atom. The SMILES string of the molecule is CSC1(SC)C[C@@H](O)[C@H]2OC(C)(C)O[C@@H]2[C@@H]1CO. The van der Waals surface area contributed by atoms with Gasteiger partial charge in [0.15, 0.2) is 5.79 Å². The topological polar surface area (TPSA) is 58.9 Å². The molecule has 0 radical (unpaired) electrons. The number of fused-ring (bicyclic) bond motifs is 1. The molecule has 1 aliphatic heterocycles. The first-order valence-corrected chi connectivity index (χ1v) is 8.59. The zero-order valence-electron chi connectivity index (χ0n) is 11.3. The summed E-state index contributed by atoms with van der Waals surface area (Å²) < 4.78 is 11.5. The van der Waals surface area contributed by atoms with E-state index in [9.17, 15) is 10.2 Å². The normalized spacial score (nSPS) is 41.7. The standard InChI is InChI=1S/C12H22O4S2/c1-11(2)15-9-7(6-13)12(17-3,18-4)5-8(14)10(9)16-11/h7-10,13-14H,5-6H2,1-4H3/t7-,8+,9+,10+/m0/s1. The Labute approximate surface area is 117 Å². The molecule has 2 rings (SSSR count). The molecule has 1 saturated heterocycles. The van der Waals surface area contributed by atoms with Gasteiger partial charge in [-0.1, -0.05) is 0 Å². The molecule has 0 spiro atoms. The van der Waals surface area contributed by atoms with Gasteiger partial charge in [-0.2, -0.15) is 0 Å². The minimum Gasteiger partial charge on any atom is -0.396 e. The third-order valence-electron chi connectivity index (χ3n) is 3.89. The first-order valence-electron chi connectivity index (χ1n) is 6.14. The molecular weight excluding hydrogens is 272 g/mol. The Morgan fingerprint density at radius 3 is 2.22 bits per heavy atom. The van der Waals surface area contributed by atoms with E-state index in [1.165, 1.54) is 0 Å². The summed E-state index contributed by atoms with van der Waals surface area (Å²) in [6.45, 7) is 3.76. The van der Waals surface area contributed by atoms with Crippen molar-refractivity contribution in [2.45, 2.75) is 48.4 Å². The predicted octanol–water partition coefficient (Wildman–Crippen LogP) is 1.30. The van der Waals surface area contributed by atoms with E-state index >= 15 is 0 Å². The van der Waals surface area contributed by atoms with E-state index in [2.05, 4.69) is 0 Å². The van der Waals surface area contributed by atoms with Crippen molar-refractivity contribution in [3.63, 3.8) is 0 Å². The van der Waals surface area contributed by atoms with Gasteiger partial charge in [-0.05, 0) is 26.4 Å². The van der Waals surface area contributed by atoms with Gasteiger partial charge in [-0.25, -0.2) is 0 Å². The van der Waals surface area contributed by atoms with E-state index in [0.29, 0.717) is 6.42 Å². The molecule has 1 heterocycles. The summed E-state index contributed by atoms with van der Waals surface area (Å²) in [6, 6.07) is 0. The molecule has 2 N–H and O–H groups in total. The molecule has 0 amide bonds. The van der Waals surface area contributed by atoms with Crippen molar-refractivity contribution in [1.82, 2.24) is 0 Å². The van der Waals surface area contributed by atoms with Crippen molar-refractivity contribution in [2.24, 2.45) is 5.92 Å². The van der Waals surface area contributed by atoms with Crippen LogP contribution in [0.15, 0.2) is 0 Å². The third kappa shape index (κ3) is 2.31. The second-order valence-electron chi connectivity index (χ2n) is 5.35. The maximum Gasteiger partial charge on any atom is 0.163 e. The van der Waals surface area contributed by atoms with Crippen LogP contribution < -0.4 is 0 Å². The van der Waals surface area contributed by atoms with Gasteiger partial charge < -0.3 is 19.7 Å². The summed E-state index contributed by atoms with van der Waals surface area (Å²) >= 11 is 3.37. The number of rotatable bonds is 3. The fourth-order valence-corrected chi connectivity index (χ4v) is 5.40. The number of ether oxygens (including phenoxy) is 2. The molecule has 4 nitrogen and oxygen atoms in total. The molecule has 1 saturated carbocycles. The van der Waals surface area contributed by atoms with E-state index in [1.54, 1.807) is 23.5 Å². The van der Waals surface area contributed by atoms with Crippen molar-refractivity contribution in [2.75, 3.05) is 19.1 Å². The molecule has 2 fully saturated rings. The minimum atomic E-state index is -0.684. The summed E-state index contributed by atoms with van der Waals surface area (Å²) in [7, 11) is 0. The van der Waals surface area contributed by atoms with E-state index in [1.807, 2.05) is 26.4 Å². The van der Waals surface area contributed by atoms with Crippen LogP contribution in [0, 0.1) is 5.92 Å². The molecule has 1 aliphatic carbocycles. The number of hydrogen-bond acceptors (Lipinski definition) is 6. The number of aliphatic hydroxyl groups is 2. The fraction of sp³-hybridized carbons (Fsp3) is 1.00. The van der Waals surface area contributed by atoms with Gasteiger partial charge in [0.2, 0.25) is 0 Å². The molecular formula is C12H22O4S2. The van der Waals surface area contributed by atoms with Crippen LogP contribution in [0.3, 0.4) is 0 Å². The summed E-state index contributed by atoms with van der Waals surface area (Å²) in [5.74, 6) is -0.714. The van der Waals surface area contributed by atoms with Crippen LogP contribution in [0.4, 0.5) is 0 Å². The van der Waals surface area contributed by atoms with Crippen LogP contribution in [0.25, 0.3) is 0 Å². The van der Waals surface area contributed by atoms with Crippen molar-refractivity contribution in [1.29, 1.82) is 0 Å². The van der Waals surface area contributed by atoms with Crippen molar-refractivity contribution < 1.29 is 19.7 Å². The maximum atomic E-state index is 10.3. The fourth-order valence-electron chi connectivity index (χ4n) is 3.03. The smallest absolute Gasteiger partial charge is 0.163 e. The molecule has 0 bridgehead atoms. The second kappa shape index (κ2) is 5.14. The lowest BCUT2D eigenvalue weighted by Crippen LogP contribution is -2.56. The van der Waals surface area contributed by atoms with Crippen LogP contribution in [-0.4, -0.2) is 57.5 Å². The zero-order valence-corrected chi connectivity index (χ0v) is 12.9. The molecule has 0 aromatic heterocycles. The highest BCUT2D eigenvalue weighted by Gasteiger charge is 2.58. The van der Waals surface area contributed by atoms with E-state index < -0.39 is 11.9 Å². The maximum absolute atomic E-state index is 10.3. The minimum absolute atomic E-state index is 0.0299. The van der Waals surface area contributed by atoms with Crippen LogP contribution in [-0.2, 0) is 9.47 Å². The highest BCUT2D eigenvalue weighted by molar-refractivity contribution is 8.17. The van der Waals surface area contributed by atoms with Crippen molar-refractivity contribution in [3.05, 3.63) is 0 Å². The van der Waals surface area contributed by atoms with Gasteiger partial charge in [-0.15, -0.1) is 23.5 Å². The predicted molar refractivity (Wildman–Crippen MR) is 74.8 cm³/mol. The van der Waals surface area contributed by atoms with Crippen LogP contribution in [0.1, 0.15) is 20.3 Å². The Balaban J connectivity index is 2.31. The van der Waals surface area contributed by atoms with Crippen LogP contribution in [0.5, 0.6) is 0 Å². The van der Waals surface area contributed by atoms with E-state index in [-0.39, 0.29) is 28.8 Å².